The van der Waals surface area contributed by atoms with E-state index in [-0.39, 0.29) is 24.8 Å². The van der Waals surface area contributed by atoms with Gasteiger partial charge in [-0.2, -0.15) is 0 Å². The lowest BCUT2D eigenvalue weighted by atomic mass is 9.93. The first kappa shape index (κ1) is 22.6. The minimum absolute atomic E-state index is 0. The zero-order chi connectivity index (χ0) is 13.8. The topological polar surface area (TPSA) is 105 Å². The summed E-state index contributed by atoms with van der Waals surface area (Å²) in [6, 6.07) is 0. The lowest BCUT2D eigenvalue weighted by Gasteiger charge is -2.33. The smallest absolute Gasteiger partial charge is 0.100 e. The average molecular weight is 335 g/mol. The van der Waals surface area contributed by atoms with Gasteiger partial charge in [0.1, 0.15) is 11.2 Å². The van der Waals surface area contributed by atoms with Crippen LogP contribution in [0.3, 0.4) is 0 Å². The molecule has 20 heavy (non-hydrogen) atoms. The number of piperidine rings is 2. The van der Waals surface area contributed by atoms with Crippen molar-refractivity contribution in [3.8, 4) is 0 Å². The fourth-order valence-electron chi connectivity index (χ4n) is 2.02. The van der Waals surface area contributed by atoms with Crippen LogP contribution in [0.4, 0.5) is 0 Å². The highest BCUT2D eigenvalue weighted by Crippen LogP contribution is 2.15. The van der Waals surface area contributed by atoms with Gasteiger partial charge in [0.25, 0.3) is 0 Å². The molecule has 2 saturated heterocycles. The highest BCUT2D eigenvalue weighted by Gasteiger charge is 2.33. The van der Waals surface area contributed by atoms with E-state index >= 15 is 0 Å². The van der Waals surface area contributed by atoms with Gasteiger partial charge in [-0.05, 0) is 39.8 Å². The van der Waals surface area contributed by atoms with Crippen LogP contribution in [-0.4, -0.2) is 70.0 Å². The summed E-state index contributed by atoms with van der Waals surface area (Å²) in [6.07, 6.45) is 0.178. The molecule has 2 heterocycles. The minimum atomic E-state index is -0.918. The van der Waals surface area contributed by atoms with Crippen LogP contribution in [0.2, 0.25) is 0 Å². The van der Waals surface area contributed by atoms with Crippen molar-refractivity contribution in [1.29, 1.82) is 0 Å². The van der Waals surface area contributed by atoms with E-state index in [0.717, 1.165) is 13.1 Å². The predicted molar refractivity (Wildman–Crippen MR) is 82.7 cm³/mol. The standard InChI is InChI=1S/2C6H13NO2.2ClH/c2*1-6(9)4-7-3-2-5(6)8;;/h2*5,7-9H,2-4H2,1H3;2*1H/t2*5-,6+;;/m10../s1. The van der Waals surface area contributed by atoms with Crippen molar-refractivity contribution < 1.29 is 20.4 Å². The van der Waals surface area contributed by atoms with E-state index in [1.807, 2.05) is 0 Å². The van der Waals surface area contributed by atoms with Crippen molar-refractivity contribution in [3.05, 3.63) is 0 Å². The Hall–Kier alpha value is 0.340. The molecule has 0 aliphatic carbocycles. The van der Waals surface area contributed by atoms with Gasteiger partial charge in [-0.3, -0.25) is 0 Å². The van der Waals surface area contributed by atoms with E-state index in [1.54, 1.807) is 13.8 Å². The summed E-state index contributed by atoms with van der Waals surface area (Å²) in [5, 5.41) is 42.9. The van der Waals surface area contributed by atoms with Gasteiger partial charge in [-0.1, -0.05) is 0 Å². The first-order chi connectivity index (χ1) is 8.26. The summed E-state index contributed by atoms with van der Waals surface area (Å²) < 4.78 is 0. The maximum Gasteiger partial charge on any atom is 0.100 e. The Morgan fingerprint density at radius 1 is 0.800 bits per heavy atom. The summed E-state index contributed by atoms with van der Waals surface area (Å²) in [5.41, 5.74) is -1.84. The lowest BCUT2D eigenvalue weighted by Crippen LogP contribution is -2.53. The molecule has 0 radical (unpaired) electrons. The van der Waals surface area contributed by atoms with Crippen LogP contribution in [0.5, 0.6) is 0 Å². The van der Waals surface area contributed by atoms with Gasteiger partial charge >= 0.3 is 0 Å². The molecule has 0 bridgehead atoms. The quantitative estimate of drug-likeness (QED) is 0.340. The summed E-state index contributed by atoms with van der Waals surface area (Å²) in [5.74, 6) is 0. The molecule has 2 aliphatic rings. The number of β-amino-alcohol motifs (C(OH)–C–C–N with tert-alkyl or cyclic N) is 2. The Kier molecular flexibility index (Phi) is 10.6. The van der Waals surface area contributed by atoms with Gasteiger partial charge in [-0.25, -0.2) is 0 Å². The van der Waals surface area contributed by atoms with Crippen LogP contribution < -0.4 is 10.6 Å². The molecule has 0 amide bonds. The van der Waals surface area contributed by atoms with Gasteiger partial charge in [-0.15, -0.1) is 24.8 Å². The van der Waals surface area contributed by atoms with Gasteiger partial charge < -0.3 is 31.1 Å². The highest BCUT2D eigenvalue weighted by molar-refractivity contribution is 5.85. The predicted octanol–water partition coefficient (Wildman–Crippen LogP) is -0.973. The SMILES string of the molecule is C[C@@]1(O)CNCC[C@@H]1O.C[C@]1(O)CNCC[C@H]1O.Cl.Cl. The molecule has 0 saturated carbocycles. The monoisotopic (exact) mass is 334 g/mol. The van der Waals surface area contributed by atoms with Gasteiger partial charge in [0.2, 0.25) is 0 Å². The summed E-state index contributed by atoms with van der Waals surface area (Å²) in [6.45, 7) is 5.88. The lowest BCUT2D eigenvalue weighted by molar-refractivity contribution is -0.0764. The summed E-state index contributed by atoms with van der Waals surface area (Å²) in [4.78, 5) is 0. The van der Waals surface area contributed by atoms with E-state index in [4.69, 9.17) is 10.2 Å². The van der Waals surface area contributed by atoms with E-state index in [0.29, 0.717) is 25.9 Å². The number of hydrogen-bond acceptors (Lipinski definition) is 6. The fraction of sp³-hybridized carbons (Fsp3) is 1.00. The molecule has 124 valence electrons. The van der Waals surface area contributed by atoms with Crippen molar-refractivity contribution in [2.75, 3.05) is 26.2 Å². The molecule has 2 fully saturated rings. The average Bonchev–Trinajstić information content (AvgIpc) is 2.28. The zero-order valence-corrected chi connectivity index (χ0v) is 13.6. The summed E-state index contributed by atoms with van der Waals surface area (Å²) >= 11 is 0. The van der Waals surface area contributed by atoms with Crippen LogP contribution in [0.25, 0.3) is 0 Å². The Labute approximate surface area is 132 Å². The van der Waals surface area contributed by atoms with Crippen molar-refractivity contribution in [1.82, 2.24) is 10.6 Å². The molecular formula is C12H28Cl2N2O4. The van der Waals surface area contributed by atoms with Crippen molar-refractivity contribution in [2.24, 2.45) is 0 Å². The van der Waals surface area contributed by atoms with Crippen LogP contribution in [-0.2, 0) is 0 Å². The first-order valence-electron chi connectivity index (χ1n) is 6.48. The van der Waals surface area contributed by atoms with Crippen LogP contribution in [0.15, 0.2) is 0 Å². The minimum Gasteiger partial charge on any atom is -0.390 e. The number of hydrogen-bond donors (Lipinski definition) is 6. The summed E-state index contributed by atoms with van der Waals surface area (Å²) in [7, 11) is 0. The van der Waals surface area contributed by atoms with E-state index < -0.39 is 23.4 Å². The molecule has 0 aromatic carbocycles. The molecule has 6 nitrogen and oxygen atoms in total. The second kappa shape index (κ2) is 9.38. The third-order valence-electron chi connectivity index (χ3n) is 3.59. The van der Waals surface area contributed by atoms with Crippen LogP contribution >= 0.6 is 24.8 Å². The third kappa shape index (κ3) is 6.87. The number of aliphatic hydroxyl groups is 4. The molecule has 6 N–H and O–H groups in total. The number of halogens is 2. The second-order valence-electron chi connectivity index (χ2n) is 5.68. The molecule has 0 aromatic heterocycles. The first-order valence-corrected chi connectivity index (χ1v) is 6.48. The van der Waals surface area contributed by atoms with Crippen molar-refractivity contribution in [3.63, 3.8) is 0 Å². The zero-order valence-electron chi connectivity index (χ0n) is 12.0. The maximum atomic E-state index is 9.33. The molecule has 2 rings (SSSR count). The third-order valence-corrected chi connectivity index (χ3v) is 3.59. The molecule has 2 aliphatic heterocycles. The molecule has 0 spiro atoms. The number of rotatable bonds is 0. The normalized spacial score (nSPS) is 40.5. The van der Waals surface area contributed by atoms with Gasteiger partial charge in [0.15, 0.2) is 0 Å². The van der Waals surface area contributed by atoms with Crippen LogP contribution in [0, 0.1) is 0 Å². The number of nitrogens with one attached hydrogen (secondary N) is 2. The van der Waals surface area contributed by atoms with Crippen molar-refractivity contribution >= 4 is 24.8 Å². The molecular weight excluding hydrogens is 307 g/mol. The van der Waals surface area contributed by atoms with Gasteiger partial charge in [0, 0.05) is 13.1 Å². The van der Waals surface area contributed by atoms with E-state index in [9.17, 15) is 10.2 Å². The van der Waals surface area contributed by atoms with E-state index in [1.165, 1.54) is 0 Å². The number of aliphatic hydroxyl groups excluding tert-OH is 2. The molecule has 8 heteroatoms. The van der Waals surface area contributed by atoms with Crippen molar-refractivity contribution in [2.45, 2.75) is 50.1 Å². The Morgan fingerprint density at radius 2 is 1.10 bits per heavy atom. The fourth-order valence-corrected chi connectivity index (χ4v) is 2.02. The molecule has 4 atom stereocenters. The molecule has 0 aromatic rings. The Bertz CT molecular complexity index is 242. The van der Waals surface area contributed by atoms with Crippen LogP contribution in [0.1, 0.15) is 26.7 Å². The maximum absolute atomic E-state index is 9.33. The van der Waals surface area contributed by atoms with Gasteiger partial charge in [0.05, 0.1) is 12.2 Å². The second-order valence-corrected chi connectivity index (χ2v) is 5.68. The highest BCUT2D eigenvalue weighted by atomic mass is 35.5. The Morgan fingerprint density at radius 3 is 1.25 bits per heavy atom. The molecule has 0 unspecified atom stereocenters. The Balaban J connectivity index is 0. The largest absolute Gasteiger partial charge is 0.390 e. The van der Waals surface area contributed by atoms with E-state index in [2.05, 4.69) is 10.6 Å².